The lowest BCUT2D eigenvalue weighted by atomic mass is 10.1. The molecular weight excluding hydrogens is 380 g/mol. The van der Waals surface area contributed by atoms with E-state index in [4.69, 9.17) is 11.6 Å². The van der Waals surface area contributed by atoms with E-state index in [1.165, 1.54) is 5.56 Å². The van der Waals surface area contributed by atoms with Crippen LogP contribution in [-0.2, 0) is 21.9 Å². The van der Waals surface area contributed by atoms with Gasteiger partial charge < -0.3 is 10.2 Å². The third-order valence-electron chi connectivity index (χ3n) is 4.27. The molecule has 0 spiro atoms. The van der Waals surface area contributed by atoms with Crippen LogP contribution in [0, 0.1) is 0 Å². The summed E-state index contributed by atoms with van der Waals surface area (Å²) in [6.07, 6.45) is 0.541. The second-order valence-corrected chi connectivity index (χ2v) is 7.52. The lowest BCUT2D eigenvalue weighted by molar-refractivity contribution is -0.139. The van der Waals surface area contributed by atoms with Crippen LogP contribution in [-0.4, -0.2) is 35.6 Å². The summed E-state index contributed by atoms with van der Waals surface area (Å²) >= 11 is 7.82. The Balaban J connectivity index is 2.11. The van der Waals surface area contributed by atoms with Crippen molar-refractivity contribution < 1.29 is 9.59 Å². The number of likely N-dealkylation sites (N-methyl/N-ethyl adjacent to an activating group) is 1. The molecule has 0 saturated carbocycles. The van der Waals surface area contributed by atoms with Gasteiger partial charge in [-0.1, -0.05) is 67.1 Å². The van der Waals surface area contributed by atoms with Crippen LogP contribution in [0.1, 0.15) is 24.5 Å². The summed E-state index contributed by atoms with van der Waals surface area (Å²) in [6.45, 7) is 2.22. The minimum Gasteiger partial charge on any atom is -0.357 e. The second kappa shape index (κ2) is 11.0. The second-order valence-electron chi connectivity index (χ2n) is 6.13. The van der Waals surface area contributed by atoms with Gasteiger partial charge in [0.15, 0.2) is 0 Å². The molecule has 6 heteroatoms. The smallest absolute Gasteiger partial charge is 0.242 e. The molecule has 0 heterocycles. The first-order valence-electron chi connectivity index (χ1n) is 8.93. The third kappa shape index (κ3) is 6.29. The van der Waals surface area contributed by atoms with Crippen molar-refractivity contribution in [1.82, 2.24) is 10.2 Å². The molecule has 0 aliphatic rings. The van der Waals surface area contributed by atoms with Crippen molar-refractivity contribution in [1.29, 1.82) is 0 Å². The molecule has 0 saturated heterocycles. The topological polar surface area (TPSA) is 49.4 Å². The molecule has 2 aromatic carbocycles. The van der Waals surface area contributed by atoms with Crippen molar-refractivity contribution in [2.24, 2.45) is 0 Å². The average molecular weight is 405 g/mol. The fraction of sp³-hybridized carbons (Fsp3) is 0.333. The highest BCUT2D eigenvalue weighted by Crippen LogP contribution is 2.21. The molecule has 0 aromatic heterocycles. The number of amides is 2. The van der Waals surface area contributed by atoms with Gasteiger partial charge in [-0.3, -0.25) is 9.59 Å². The normalized spacial score (nSPS) is 11.7. The molecule has 1 atom stereocenters. The fourth-order valence-corrected chi connectivity index (χ4v) is 3.88. The summed E-state index contributed by atoms with van der Waals surface area (Å²) in [5.74, 6) is 0.841. The molecule has 2 rings (SSSR count). The predicted molar refractivity (Wildman–Crippen MR) is 113 cm³/mol. The Hall–Kier alpha value is -1.98. The lowest BCUT2D eigenvalue weighted by Crippen LogP contribution is -2.48. The van der Waals surface area contributed by atoms with Crippen molar-refractivity contribution in [3.8, 4) is 0 Å². The molecule has 1 N–H and O–H groups in total. The molecule has 0 radical (unpaired) electrons. The Bertz CT molecular complexity index is 755. The van der Waals surface area contributed by atoms with Crippen LogP contribution in [0.3, 0.4) is 0 Å². The van der Waals surface area contributed by atoms with E-state index in [9.17, 15) is 9.59 Å². The molecule has 0 unspecified atom stereocenters. The summed E-state index contributed by atoms with van der Waals surface area (Å²) < 4.78 is 0. The third-order valence-corrected chi connectivity index (χ3v) is 5.63. The van der Waals surface area contributed by atoms with Crippen LogP contribution in [0.5, 0.6) is 0 Å². The average Bonchev–Trinajstić information content (AvgIpc) is 2.69. The van der Waals surface area contributed by atoms with Gasteiger partial charge in [-0.15, -0.1) is 11.8 Å². The minimum absolute atomic E-state index is 0.0636. The van der Waals surface area contributed by atoms with Crippen molar-refractivity contribution >= 4 is 35.2 Å². The summed E-state index contributed by atoms with van der Waals surface area (Å²) in [5, 5.41) is 3.26. The molecule has 2 amide bonds. The first-order chi connectivity index (χ1) is 13.1. The van der Waals surface area contributed by atoms with Crippen LogP contribution in [0.25, 0.3) is 0 Å². The van der Waals surface area contributed by atoms with Crippen LogP contribution >= 0.6 is 23.4 Å². The Morgan fingerprint density at radius 1 is 1.11 bits per heavy atom. The Morgan fingerprint density at radius 2 is 1.78 bits per heavy atom. The van der Waals surface area contributed by atoms with E-state index in [1.54, 1.807) is 29.8 Å². The van der Waals surface area contributed by atoms with Gasteiger partial charge >= 0.3 is 0 Å². The van der Waals surface area contributed by atoms with Gasteiger partial charge in [0, 0.05) is 24.4 Å². The lowest BCUT2D eigenvalue weighted by Gasteiger charge is -2.30. The van der Waals surface area contributed by atoms with E-state index in [0.717, 1.165) is 11.3 Å². The van der Waals surface area contributed by atoms with E-state index in [2.05, 4.69) is 5.32 Å². The number of hydrogen-bond acceptors (Lipinski definition) is 3. The Kier molecular flexibility index (Phi) is 8.69. The summed E-state index contributed by atoms with van der Waals surface area (Å²) in [7, 11) is 1.59. The van der Waals surface area contributed by atoms with E-state index in [1.807, 2.05) is 55.5 Å². The first-order valence-corrected chi connectivity index (χ1v) is 10.5. The molecule has 4 nitrogen and oxygen atoms in total. The first kappa shape index (κ1) is 21.3. The highest BCUT2D eigenvalue weighted by atomic mass is 35.5. The number of thioether (sulfide) groups is 1. The number of carbonyl (C=O) groups excluding carboxylic acids is 2. The maximum absolute atomic E-state index is 13.0. The molecule has 0 aliphatic carbocycles. The highest BCUT2D eigenvalue weighted by molar-refractivity contribution is 7.99. The zero-order valence-electron chi connectivity index (χ0n) is 15.7. The molecule has 27 heavy (non-hydrogen) atoms. The quantitative estimate of drug-likeness (QED) is 0.683. The van der Waals surface area contributed by atoms with E-state index in [0.29, 0.717) is 23.7 Å². The van der Waals surface area contributed by atoms with Gasteiger partial charge in [-0.25, -0.2) is 0 Å². The number of nitrogens with one attached hydrogen (secondary N) is 1. The monoisotopic (exact) mass is 404 g/mol. The van der Waals surface area contributed by atoms with E-state index < -0.39 is 6.04 Å². The number of benzene rings is 2. The van der Waals surface area contributed by atoms with Gasteiger partial charge in [0.2, 0.25) is 11.8 Å². The van der Waals surface area contributed by atoms with Gasteiger partial charge in [0.25, 0.3) is 0 Å². The SMILES string of the molecule is CC[C@H](C(=O)NC)N(Cc1ccccc1Cl)C(=O)CSCc1ccccc1. The van der Waals surface area contributed by atoms with E-state index in [-0.39, 0.29) is 11.8 Å². The highest BCUT2D eigenvalue weighted by Gasteiger charge is 2.28. The van der Waals surface area contributed by atoms with Crippen molar-refractivity contribution in [3.63, 3.8) is 0 Å². The summed E-state index contributed by atoms with van der Waals surface area (Å²) in [5.41, 5.74) is 2.01. The molecule has 0 aliphatic heterocycles. The maximum Gasteiger partial charge on any atom is 0.242 e. The van der Waals surface area contributed by atoms with Crippen molar-refractivity contribution in [3.05, 3.63) is 70.7 Å². The Morgan fingerprint density at radius 3 is 2.41 bits per heavy atom. The standard InChI is InChI=1S/C21H25ClN2O2S/c1-3-19(21(26)23-2)24(13-17-11-7-8-12-18(17)22)20(25)15-27-14-16-9-5-4-6-10-16/h4-12,19H,3,13-15H2,1-2H3,(H,23,26)/t19-/m1/s1. The summed E-state index contributed by atoms with van der Waals surface area (Å²) in [4.78, 5) is 26.9. The largest absolute Gasteiger partial charge is 0.357 e. The van der Waals surface area contributed by atoms with Gasteiger partial charge in [0.05, 0.1) is 5.75 Å². The van der Waals surface area contributed by atoms with Gasteiger partial charge in [-0.05, 0) is 23.6 Å². The van der Waals surface area contributed by atoms with Crippen molar-refractivity contribution in [2.45, 2.75) is 31.7 Å². The number of carbonyl (C=O) groups is 2. The molecule has 2 aromatic rings. The van der Waals surface area contributed by atoms with E-state index >= 15 is 0 Å². The predicted octanol–water partition coefficient (Wildman–Crippen LogP) is 4.13. The van der Waals surface area contributed by atoms with Crippen LogP contribution in [0.4, 0.5) is 0 Å². The van der Waals surface area contributed by atoms with Gasteiger partial charge in [-0.2, -0.15) is 0 Å². The Labute approximate surface area is 170 Å². The molecule has 0 fully saturated rings. The summed E-state index contributed by atoms with van der Waals surface area (Å²) in [6, 6.07) is 16.9. The van der Waals surface area contributed by atoms with Crippen LogP contribution in [0.2, 0.25) is 5.02 Å². The van der Waals surface area contributed by atoms with Crippen molar-refractivity contribution in [2.75, 3.05) is 12.8 Å². The number of hydrogen-bond donors (Lipinski definition) is 1. The van der Waals surface area contributed by atoms with Crippen LogP contribution < -0.4 is 5.32 Å². The zero-order valence-corrected chi connectivity index (χ0v) is 17.2. The fourth-order valence-electron chi connectivity index (χ4n) is 2.81. The molecule has 0 bridgehead atoms. The molecular formula is C21H25ClN2O2S. The number of nitrogens with zero attached hydrogens (tertiary/aromatic N) is 1. The van der Waals surface area contributed by atoms with Crippen LogP contribution in [0.15, 0.2) is 54.6 Å². The number of rotatable bonds is 9. The minimum atomic E-state index is -0.518. The number of halogens is 1. The molecule has 144 valence electrons. The zero-order chi connectivity index (χ0) is 19.6. The van der Waals surface area contributed by atoms with Gasteiger partial charge in [0.1, 0.15) is 6.04 Å². The maximum atomic E-state index is 13.0.